The van der Waals surface area contributed by atoms with Gasteiger partial charge in [0.2, 0.25) is 0 Å². The summed E-state index contributed by atoms with van der Waals surface area (Å²) in [7, 11) is -1.55. The van der Waals surface area contributed by atoms with Crippen LogP contribution in [-0.2, 0) is 0 Å². The van der Waals surface area contributed by atoms with Crippen molar-refractivity contribution in [3.63, 3.8) is 0 Å². The highest BCUT2D eigenvalue weighted by Crippen LogP contribution is 2.23. The first kappa shape index (κ1) is 10.5. The zero-order chi connectivity index (χ0) is 9.84. The smallest absolute Gasteiger partial charge is 0.423 e. The van der Waals surface area contributed by atoms with Crippen LogP contribution in [0.15, 0.2) is 29.2 Å². The van der Waals surface area contributed by atoms with Gasteiger partial charge in [0.25, 0.3) is 5.76 Å². The standard InChI is InChI=1S/C7H7BF2O2S/c9-7(10)13-6-3-1-5(2-4-6)8(11)12/h1-4,7,11-12H. The lowest BCUT2D eigenvalue weighted by Crippen LogP contribution is -2.29. The van der Waals surface area contributed by atoms with Crippen LogP contribution < -0.4 is 5.46 Å². The Labute approximate surface area is 78.7 Å². The summed E-state index contributed by atoms with van der Waals surface area (Å²) in [5, 5.41) is 17.4. The SMILES string of the molecule is OB(O)c1ccc(SC(F)F)cc1. The Balaban J connectivity index is 2.70. The maximum Gasteiger partial charge on any atom is 0.488 e. The van der Waals surface area contributed by atoms with E-state index in [9.17, 15) is 8.78 Å². The normalized spacial score (nSPS) is 10.5. The molecule has 1 aromatic rings. The summed E-state index contributed by atoms with van der Waals surface area (Å²) in [5.74, 6) is -2.45. The number of thioether (sulfide) groups is 1. The molecule has 0 aliphatic heterocycles. The molecule has 0 aromatic heterocycles. The third kappa shape index (κ3) is 3.34. The molecule has 13 heavy (non-hydrogen) atoms. The van der Waals surface area contributed by atoms with Crippen LogP contribution in [0.1, 0.15) is 0 Å². The third-order valence-electron chi connectivity index (χ3n) is 1.40. The number of alkyl halides is 2. The van der Waals surface area contributed by atoms with Crippen molar-refractivity contribution in [2.75, 3.05) is 0 Å². The summed E-state index contributed by atoms with van der Waals surface area (Å²) in [6.07, 6.45) is 0. The fraction of sp³-hybridized carbons (Fsp3) is 0.143. The van der Waals surface area contributed by atoms with Gasteiger partial charge in [-0.1, -0.05) is 23.9 Å². The van der Waals surface area contributed by atoms with Crippen LogP contribution in [-0.4, -0.2) is 22.9 Å². The Morgan fingerprint density at radius 2 is 1.69 bits per heavy atom. The van der Waals surface area contributed by atoms with E-state index < -0.39 is 12.9 Å². The van der Waals surface area contributed by atoms with Crippen molar-refractivity contribution in [2.24, 2.45) is 0 Å². The third-order valence-corrected chi connectivity index (χ3v) is 2.13. The monoisotopic (exact) mass is 204 g/mol. The van der Waals surface area contributed by atoms with E-state index in [1.165, 1.54) is 24.3 Å². The van der Waals surface area contributed by atoms with Crippen LogP contribution in [0.2, 0.25) is 0 Å². The average molecular weight is 204 g/mol. The molecule has 0 spiro atoms. The van der Waals surface area contributed by atoms with Crippen molar-refractivity contribution in [2.45, 2.75) is 10.7 Å². The van der Waals surface area contributed by atoms with Gasteiger partial charge < -0.3 is 10.0 Å². The Bertz CT molecular complexity index is 266. The summed E-state index contributed by atoms with van der Waals surface area (Å²) < 4.78 is 23.7. The van der Waals surface area contributed by atoms with Crippen molar-refractivity contribution in [3.8, 4) is 0 Å². The molecule has 70 valence electrons. The molecule has 1 aromatic carbocycles. The largest absolute Gasteiger partial charge is 0.488 e. The number of halogens is 2. The van der Waals surface area contributed by atoms with Gasteiger partial charge in [-0.15, -0.1) is 0 Å². The minimum absolute atomic E-state index is 0.290. The first-order valence-electron chi connectivity index (χ1n) is 3.50. The predicted molar refractivity (Wildman–Crippen MR) is 48.1 cm³/mol. The minimum atomic E-state index is -2.45. The van der Waals surface area contributed by atoms with Gasteiger partial charge in [-0.3, -0.25) is 0 Å². The van der Waals surface area contributed by atoms with Gasteiger partial charge in [0, 0.05) is 4.90 Å². The average Bonchev–Trinajstić information content (AvgIpc) is 2.04. The number of rotatable bonds is 3. The van der Waals surface area contributed by atoms with Crippen LogP contribution in [0.5, 0.6) is 0 Å². The van der Waals surface area contributed by atoms with E-state index in [0.717, 1.165) is 0 Å². The highest BCUT2D eigenvalue weighted by atomic mass is 32.2. The molecule has 0 saturated carbocycles. The van der Waals surface area contributed by atoms with Gasteiger partial charge in [0.05, 0.1) is 0 Å². The van der Waals surface area contributed by atoms with Gasteiger partial charge in [0.1, 0.15) is 0 Å². The molecule has 0 atom stereocenters. The van der Waals surface area contributed by atoms with Crippen molar-refractivity contribution in [1.82, 2.24) is 0 Å². The van der Waals surface area contributed by atoms with Crippen LogP contribution >= 0.6 is 11.8 Å². The lowest BCUT2D eigenvalue weighted by Gasteiger charge is -2.01. The Morgan fingerprint density at radius 3 is 2.08 bits per heavy atom. The van der Waals surface area contributed by atoms with Crippen molar-refractivity contribution in [3.05, 3.63) is 24.3 Å². The first-order chi connectivity index (χ1) is 6.09. The second kappa shape index (κ2) is 4.60. The maximum absolute atomic E-state index is 11.8. The second-order valence-electron chi connectivity index (χ2n) is 2.32. The zero-order valence-electron chi connectivity index (χ0n) is 6.52. The van der Waals surface area contributed by atoms with Crippen molar-refractivity contribution < 1.29 is 18.8 Å². The molecule has 0 saturated heterocycles. The van der Waals surface area contributed by atoms with Crippen molar-refractivity contribution in [1.29, 1.82) is 0 Å². The van der Waals surface area contributed by atoms with E-state index >= 15 is 0 Å². The molecule has 1 rings (SSSR count). The Kier molecular flexibility index (Phi) is 3.71. The fourth-order valence-corrected chi connectivity index (χ4v) is 1.32. The number of hydrogen-bond acceptors (Lipinski definition) is 3. The van der Waals surface area contributed by atoms with E-state index in [1.54, 1.807) is 0 Å². The van der Waals surface area contributed by atoms with Gasteiger partial charge in [-0.2, -0.15) is 8.78 Å². The van der Waals surface area contributed by atoms with E-state index in [-0.39, 0.29) is 0 Å². The highest BCUT2D eigenvalue weighted by molar-refractivity contribution is 7.99. The molecular formula is C7H7BF2O2S. The molecule has 6 heteroatoms. The molecule has 0 amide bonds. The molecule has 0 unspecified atom stereocenters. The second-order valence-corrected chi connectivity index (χ2v) is 3.38. The fourth-order valence-electron chi connectivity index (χ4n) is 0.821. The number of hydrogen-bond donors (Lipinski definition) is 2. The van der Waals surface area contributed by atoms with E-state index in [2.05, 4.69) is 0 Å². The summed E-state index contributed by atoms with van der Waals surface area (Å²) in [5.41, 5.74) is 0.290. The van der Waals surface area contributed by atoms with Gasteiger partial charge in [0.15, 0.2) is 0 Å². The van der Waals surface area contributed by atoms with E-state index in [0.29, 0.717) is 22.1 Å². The predicted octanol–water partition coefficient (Wildman–Crippen LogP) is 0.681. The molecular weight excluding hydrogens is 197 g/mol. The summed E-state index contributed by atoms with van der Waals surface area (Å²) in [4.78, 5) is 0.402. The van der Waals surface area contributed by atoms with Crippen LogP contribution in [0.3, 0.4) is 0 Å². The van der Waals surface area contributed by atoms with Crippen LogP contribution in [0.4, 0.5) is 8.78 Å². The summed E-state index contributed by atoms with van der Waals surface area (Å²) in [6, 6.07) is 5.64. The minimum Gasteiger partial charge on any atom is -0.423 e. The van der Waals surface area contributed by atoms with Gasteiger partial charge >= 0.3 is 7.12 Å². The van der Waals surface area contributed by atoms with Gasteiger partial charge in [-0.05, 0) is 17.6 Å². The van der Waals surface area contributed by atoms with Gasteiger partial charge in [-0.25, -0.2) is 0 Å². The Hall–Kier alpha value is -0.585. The van der Waals surface area contributed by atoms with E-state index in [4.69, 9.17) is 10.0 Å². The number of benzene rings is 1. The topological polar surface area (TPSA) is 40.5 Å². The zero-order valence-corrected chi connectivity index (χ0v) is 7.34. The van der Waals surface area contributed by atoms with Crippen molar-refractivity contribution >= 4 is 24.3 Å². The molecule has 0 bridgehead atoms. The highest BCUT2D eigenvalue weighted by Gasteiger charge is 2.11. The lowest BCUT2D eigenvalue weighted by molar-refractivity contribution is 0.252. The lowest BCUT2D eigenvalue weighted by atomic mass is 9.81. The molecule has 0 fully saturated rings. The Morgan fingerprint density at radius 1 is 1.15 bits per heavy atom. The quantitative estimate of drug-likeness (QED) is 0.561. The van der Waals surface area contributed by atoms with E-state index in [1.807, 2.05) is 0 Å². The molecule has 0 aliphatic rings. The molecule has 0 aliphatic carbocycles. The maximum atomic E-state index is 11.8. The molecule has 2 nitrogen and oxygen atoms in total. The summed E-state index contributed by atoms with van der Waals surface area (Å²) in [6.45, 7) is 0. The molecule has 2 N–H and O–H groups in total. The molecule has 0 heterocycles. The molecule has 0 radical (unpaired) electrons. The van der Waals surface area contributed by atoms with Crippen LogP contribution in [0, 0.1) is 0 Å². The first-order valence-corrected chi connectivity index (χ1v) is 4.38. The van der Waals surface area contributed by atoms with Crippen LogP contribution in [0.25, 0.3) is 0 Å². The summed E-state index contributed by atoms with van der Waals surface area (Å²) >= 11 is 0.422.